The van der Waals surface area contributed by atoms with E-state index in [1.807, 2.05) is 0 Å². The van der Waals surface area contributed by atoms with Gasteiger partial charge in [0.15, 0.2) is 0 Å². The number of piperazine rings is 1. The first-order chi connectivity index (χ1) is 12.5. The topological polar surface area (TPSA) is 23.6 Å². The van der Waals surface area contributed by atoms with Gasteiger partial charge in [-0.15, -0.1) is 0 Å². The Hall–Kier alpha value is -1.03. The lowest BCUT2D eigenvalue weighted by molar-refractivity contribution is -0.138. The van der Waals surface area contributed by atoms with Crippen molar-refractivity contribution in [2.75, 3.05) is 31.1 Å². The number of benzene rings is 1. The Morgan fingerprint density at radius 2 is 1.65 bits per heavy atom. The second kappa shape index (κ2) is 6.25. The van der Waals surface area contributed by atoms with Crippen molar-refractivity contribution in [1.82, 2.24) is 4.90 Å². The van der Waals surface area contributed by atoms with E-state index in [4.69, 9.17) is 0 Å². The fourth-order valence-corrected chi connectivity index (χ4v) is 8.34. The summed E-state index contributed by atoms with van der Waals surface area (Å²) in [5.41, 5.74) is 1.57. The highest BCUT2D eigenvalue weighted by atomic mass is 79.9. The molecule has 5 aliphatic rings. The summed E-state index contributed by atoms with van der Waals surface area (Å²) in [6.45, 7) is 3.65. The van der Waals surface area contributed by atoms with Gasteiger partial charge in [0.25, 0.3) is 0 Å². The fraction of sp³-hybridized carbons (Fsp3) is 0.682. The minimum atomic E-state index is 0.293. The maximum Gasteiger partial charge on any atom is 0.223 e. The largest absolute Gasteiger partial charge is 0.368 e. The molecule has 4 heteroatoms. The zero-order chi connectivity index (χ0) is 17.8. The van der Waals surface area contributed by atoms with Crippen LogP contribution in [0.25, 0.3) is 0 Å². The van der Waals surface area contributed by atoms with Crippen LogP contribution in [-0.2, 0) is 4.79 Å². The first-order valence-corrected chi connectivity index (χ1v) is 11.1. The molecule has 1 amide bonds. The number of halogens is 1. The fourth-order valence-electron chi connectivity index (χ4n) is 6.83. The highest BCUT2D eigenvalue weighted by Crippen LogP contribution is 2.65. The van der Waals surface area contributed by atoms with Crippen LogP contribution in [0.4, 0.5) is 5.69 Å². The van der Waals surface area contributed by atoms with E-state index in [1.165, 1.54) is 44.2 Å². The molecule has 4 aliphatic carbocycles. The number of anilines is 1. The number of carbonyl (C=O) groups excluding carboxylic acids is 1. The van der Waals surface area contributed by atoms with E-state index in [9.17, 15) is 4.79 Å². The minimum absolute atomic E-state index is 0.293. The average Bonchev–Trinajstić information content (AvgIpc) is 2.60. The van der Waals surface area contributed by atoms with Crippen molar-refractivity contribution in [2.45, 2.75) is 49.3 Å². The van der Waals surface area contributed by atoms with Gasteiger partial charge >= 0.3 is 0 Å². The Balaban J connectivity index is 1.22. The van der Waals surface area contributed by atoms with Gasteiger partial charge in [-0.25, -0.2) is 0 Å². The third-order valence-corrected chi connectivity index (χ3v) is 8.32. The van der Waals surface area contributed by atoms with Crippen molar-refractivity contribution in [3.8, 4) is 0 Å². The molecule has 1 aliphatic heterocycles. The third kappa shape index (κ3) is 3.08. The Morgan fingerprint density at radius 1 is 1.00 bits per heavy atom. The van der Waals surface area contributed by atoms with Crippen LogP contribution in [-0.4, -0.2) is 41.3 Å². The minimum Gasteiger partial charge on any atom is -0.368 e. The summed E-state index contributed by atoms with van der Waals surface area (Å²) in [4.78, 5) is 17.7. The van der Waals surface area contributed by atoms with Crippen molar-refractivity contribution >= 4 is 27.5 Å². The average molecular weight is 417 g/mol. The standard InChI is InChI=1S/C22H29BrN2O/c23-22-13-17-10-18(14-22)12-21(11-17,16-22)15-20(26)25-8-6-24(7-9-25)19-4-2-1-3-5-19/h1-5,17-18H,6-16H2. The van der Waals surface area contributed by atoms with Crippen LogP contribution in [0.5, 0.6) is 0 Å². The lowest BCUT2D eigenvalue weighted by Crippen LogP contribution is -2.55. The van der Waals surface area contributed by atoms with E-state index in [-0.39, 0.29) is 0 Å². The lowest BCUT2D eigenvalue weighted by Gasteiger charge is -2.60. The Morgan fingerprint density at radius 3 is 2.27 bits per heavy atom. The normalized spacial score (nSPS) is 38.7. The Bertz CT molecular complexity index is 669. The van der Waals surface area contributed by atoms with Crippen molar-refractivity contribution in [1.29, 1.82) is 0 Å². The molecule has 4 bridgehead atoms. The van der Waals surface area contributed by atoms with Crippen molar-refractivity contribution < 1.29 is 4.79 Å². The van der Waals surface area contributed by atoms with Crippen LogP contribution in [0.15, 0.2) is 30.3 Å². The van der Waals surface area contributed by atoms with Gasteiger partial charge in [0.2, 0.25) is 5.91 Å². The summed E-state index contributed by atoms with van der Waals surface area (Å²) in [5.74, 6) is 2.13. The molecule has 0 spiro atoms. The molecular weight excluding hydrogens is 388 g/mol. The predicted molar refractivity (Wildman–Crippen MR) is 109 cm³/mol. The predicted octanol–water partition coefficient (Wildman–Crippen LogP) is 4.46. The molecule has 0 aromatic heterocycles. The zero-order valence-corrected chi connectivity index (χ0v) is 17.1. The number of hydrogen-bond donors (Lipinski definition) is 0. The van der Waals surface area contributed by atoms with Crippen LogP contribution < -0.4 is 4.90 Å². The molecule has 4 saturated carbocycles. The van der Waals surface area contributed by atoms with Crippen LogP contribution in [0, 0.1) is 17.3 Å². The van der Waals surface area contributed by atoms with Gasteiger partial charge in [0, 0.05) is 42.6 Å². The summed E-state index contributed by atoms with van der Waals surface area (Å²) in [6, 6.07) is 10.6. The second-order valence-corrected chi connectivity index (χ2v) is 11.2. The van der Waals surface area contributed by atoms with Gasteiger partial charge in [0.05, 0.1) is 0 Å². The summed E-state index contributed by atoms with van der Waals surface area (Å²) in [5, 5.41) is 0. The van der Waals surface area contributed by atoms with Gasteiger partial charge in [-0.3, -0.25) is 4.79 Å². The van der Waals surface area contributed by atoms with Crippen LogP contribution in [0.2, 0.25) is 0 Å². The van der Waals surface area contributed by atoms with E-state index >= 15 is 0 Å². The first kappa shape index (κ1) is 17.1. The quantitative estimate of drug-likeness (QED) is 0.678. The van der Waals surface area contributed by atoms with Gasteiger partial charge in [-0.05, 0) is 67.9 Å². The first-order valence-electron chi connectivity index (χ1n) is 10.3. The summed E-state index contributed by atoms with van der Waals surface area (Å²) < 4.78 is 0.351. The molecule has 2 atom stereocenters. The number of carbonyl (C=O) groups is 1. The molecule has 1 saturated heterocycles. The molecule has 3 nitrogen and oxygen atoms in total. The number of rotatable bonds is 3. The number of para-hydroxylation sites is 1. The van der Waals surface area contributed by atoms with Gasteiger partial charge in [-0.2, -0.15) is 0 Å². The van der Waals surface area contributed by atoms with Crippen LogP contribution in [0.1, 0.15) is 44.9 Å². The van der Waals surface area contributed by atoms with E-state index in [0.717, 1.165) is 44.4 Å². The molecule has 6 rings (SSSR count). The van der Waals surface area contributed by atoms with Gasteiger partial charge in [0.1, 0.15) is 0 Å². The van der Waals surface area contributed by atoms with Crippen molar-refractivity contribution in [3.63, 3.8) is 0 Å². The number of amides is 1. The smallest absolute Gasteiger partial charge is 0.223 e. The Labute approximate surface area is 165 Å². The van der Waals surface area contributed by atoms with Gasteiger partial charge in [-0.1, -0.05) is 34.1 Å². The van der Waals surface area contributed by atoms with E-state index in [1.54, 1.807) is 0 Å². The molecule has 0 radical (unpaired) electrons. The lowest BCUT2D eigenvalue weighted by atomic mass is 9.48. The highest BCUT2D eigenvalue weighted by Gasteiger charge is 2.57. The van der Waals surface area contributed by atoms with Gasteiger partial charge < -0.3 is 9.80 Å². The summed E-state index contributed by atoms with van der Waals surface area (Å²) >= 11 is 4.08. The second-order valence-electron chi connectivity index (χ2n) is 9.49. The Kier molecular flexibility index (Phi) is 4.11. The van der Waals surface area contributed by atoms with Crippen molar-refractivity contribution in [2.24, 2.45) is 17.3 Å². The molecule has 5 fully saturated rings. The molecule has 0 N–H and O–H groups in total. The van der Waals surface area contributed by atoms with Crippen molar-refractivity contribution in [3.05, 3.63) is 30.3 Å². The maximum absolute atomic E-state index is 13.1. The molecule has 1 aromatic rings. The summed E-state index contributed by atoms with van der Waals surface area (Å²) in [7, 11) is 0. The molecule has 1 heterocycles. The highest BCUT2D eigenvalue weighted by molar-refractivity contribution is 9.10. The molecule has 140 valence electrons. The van der Waals surface area contributed by atoms with Crippen LogP contribution in [0.3, 0.4) is 0 Å². The van der Waals surface area contributed by atoms with E-state index in [2.05, 4.69) is 56.1 Å². The van der Waals surface area contributed by atoms with Crippen LogP contribution >= 0.6 is 15.9 Å². The number of alkyl halides is 1. The molecule has 2 unspecified atom stereocenters. The third-order valence-electron chi connectivity index (χ3n) is 7.39. The zero-order valence-electron chi connectivity index (χ0n) is 15.5. The van der Waals surface area contributed by atoms with E-state index in [0.29, 0.717) is 15.6 Å². The van der Waals surface area contributed by atoms with E-state index < -0.39 is 0 Å². The summed E-state index contributed by atoms with van der Waals surface area (Å²) in [6.07, 6.45) is 8.71. The molecular formula is C22H29BrN2O. The molecule has 26 heavy (non-hydrogen) atoms. The maximum atomic E-state index is 13.1. The monoisotopic (exact) mass is 416 g/mol. The number of nitrogens with zero attached hydrogens (tertiary/aromatic N) is 2. The molecule has 1 aromatic carbocycles. The number of hydrogen-bond acceptors (Lipinski definition) is 2. The SMILES string of the molecule is O=C(CC12CC3CC(CC(Br)(C3)C1)C2)N1CCN(c2ccccc2)CC1.